The van der Waals surface area contributed by atoms with E-state index in [4.69, 9.17) is 21.0 Å². The first kappa shape index (κ1) is 31.7. The fourth-order valence-electron chi connectivity index (χ4n) is 4.54. The number of nitrogens with two attached hydrogens (primary N) is 2. The van der Waals surface area contributed by atoms with Crippen LogP contribution in [0.5, 0.6) is 5.75 Å². The number of fused-ring (bicyclic) bond motifs is 1. The van der Waals surface area contributed by atoms with E-state index in [1.807, 2.05) is 91.0 Å². The first-order chi connectivity index (χ1) is 22.8. The predicted molar refractivity (Wildman–Crippen MR) is 186 cm³/mol. The van der Waals surface area contributed by atoms with Crippen molar-refractivity contribution in [2.45, 2.75) is 0 Å². The Labute approximate surface area is 270 Å². The van der Waals surface area contributed by atoms with Crippen LogP contribution < -0.4 is 11.5 Å². The van der Waals surface area contributed by atoms with Crippen LogP contribution in [0.2, 0.25) is 0 Å². The average Bonchev–Trinajstić information content (AvgIpc) is 3.54. The van der Waals surface area contributed by atoms with Crippen molar-refractivity contribution in [3.8, 4) is 39.5 Å². The Morgan fingerprint density at radius 2 is 1.19 bits per heavy atom. The van der Waals surface area contributed by atoms with Crippen molar-refractivity contribution in [2.24, 2.45) is 0 Å². The molecule has 0 aliphatic carbocycles. The highest BCUT2D eigenvalue weighted by Crippen LogP contribution is 2.28. The van der Waals surface area contributed by atoms with Crippen LogP contribution in [0.3, 0.4) is 0 Å². The molecule has 0 unspecified atom stereocenters. The molecule has 0 saturated heterocycles. The summed E-state index contributed by atoms with van der Waals surface area (Å²) in [7, 11) is 0. The maximum Gasteiger partial charge on any atom is 0.271 e. The number of aldehydes is 1. The van der Waals surface area contributed by atoms with Crippen molar-refractivity contribution in [2.75, 3.05) is 11.5 Å². The molecule has 7 rings (SSSR count). The molecule has 0 aliphatic heterocycles. The van der Waals surface area contributed by atoms with Gasteiger partial charge in [0.15, 0.2) is 5.58 Å². The second-order valence-electron chi connectivity index (χ2n) is 10.3. The van der Waals surface area contributed by atoms with Gasteiger partial charge in [0, 0.05) is 28.9 Å². The molecule has 47 heavy (non-hydrogen) atoms. The number of oxazole rings is 1. The SMILES string of the molecule is Nc1cc([N+](=O)[O-])ccc1O.Nc1ccc2oc(-c3ccc(-c4ccccc4)cc3)nc2c1.O=Cc1ccc(-c2ccccc2)cc1. The van der Waals surface area contributed by atoms with Gasteiger partial charge in [0.2, 0.25) is 5.89 Å². The zero-order valence-corrected chi connectivity index (χ0v) is 25.1. The lowest BCUT2D eigenvalue weighted by Gasteiger charge is -2.02. The zero-order chi connectivity index (χ0) is 33.2. The van der Waals surface area contributed by atoms with Crippen molar-refractivity contribution >= 4 is 34.4 Å². The maximum atomic E-state index is 10.5. The minimum atomic E-state index is -0.574. The normalized spacial score (nSPS) is 10.2. The number of non-ortho nitro benzene ring substituents is 1. The van der Waals surface area contributed by atoms with Crippen LogP contribution in [0.25, 0.3) is 44.8 Å². The molecule has 1 heterocycles. The molecule has 5 N–H and O–H groups in total. The van der Waals surface area contributed by atoms with Gasteiger partial charge >= 0.3 is 0 Å². The number of nitrogen functional groups attached to an aromatic ring is 2. The number of nitrogens with zero attached hydrogens (tertiary/aromatic N) is 2. The number of nitro benzene ring substituents is 1. The molecule has 232 valence electrons. The van der Waals surface area contributed by atoms with Crippen LogP contribution in [0.1, 0.15) is 10.4 Å². The number of phenolic OH excluding ortho intramolecular Hbond substituents is 1. The van der Waals surface area contributed by atoms with Gasteiger partial charge < -0.3 is 21.0 Å². The number of aromatic hydroxyl groups is 1. The second-order valence-corrected chi connectivity index (χ2v) is 10.3. The Balaban J connectivity index is 0.000000150. The number of phenols is 1. The van der Waals surface area contributed by atoms with Crippen LogP contribution in [-0.4, -0.2) is 21.3 Å². The third-order valence-electron chi connectivity index (χ3n) is 7.03. The monoisotopic (exact) mass is 622 g/mol. The molecule has 0 bridgehead atoms. The fourth-order valence-corrected chi connectivity index (χ4v) is 4.54. The zero-order valence-electron chi connectivity index (χ0n) is 25.1. The Hall–Kier alpha value is -6.74. The minimum absolute atomic E-state index is 0.0131. The topological polar surface area (TPSA) is 159 Å². The number of aromatic nitrogens is 1. The standard InChI is InChI=1S/C19H14N2O.C13H10O.C6H6N2O3/c20-16-10-11-18-17(12-16)21-19(22-18)15-8-6-14(7-9-15)13-4-2-1-3-5-13;14-10-11-6-8-13(9-7-11)12-4-2-1-3-5-12;7-5-3-4(8(10)11)1-2-6(5)9/h1-12H,20H2;1-10H;1-3,9H,7H2. The van der Waals surface area contributed by atoms with Crippen molar-refractivity contribution in [3.63, 3.8) is 0 Å². The summed E-state index contributed by atoms with van der Waals surface area (Å²) >= 11 is 0. The van der Waals surface area contributed by atoms with Crippen molar-refractivity contribution < 1.29 is 19.2 Å². The van der Waals surface area contributed by atoms with Gasteiger partial charge in [0.05, 0.1) is 10.6 Å². The van der Waals surface area contributed by atoms with E-state index in [0.717, 1.165) is 34.6 Å². The highest BCUT2D eigenvalue weighted by Gasteiger charge is 2.09. The maximum absolute atomic E-state index is 10.5. The van der Waals surface area contributed by atoms with Gasteiger partial charge in [-0.05, 0) is 58.7 Å². The van der Waals surface area contributed by atoms with Crippen LogP contribution in [-0.2, 0) is 0 Å². The molecule has 0 radical (unpaired) electrons. The molecule has 0 spiro atoms. The smallest absolute Gasteiger partial charge is 0.271 e. The highest BCUT2D eigenvalue weighted by atomic mass is 16.6. The Bertz CT molecular complexity index is 2100. The molecule has 0 aliphatic rings. The summed E-state index contributed by atoms with van der Waals surface area (Å²) in [5, 5.41) is 19.0. The second kappa shape index (κ2) is 14.8. The molecule has 0 saturated carbocycles. The van der Waals surface area contributed by atoms with Gasteiger partial charge in [-0.2, -0.15) is 0 Å². The molecule has 9 heteroatoms. The lowest BCUT2D eigenvalue weighted by atomic mass is 10.0. The highest BCUT2D eigenvalue weighted by molar-refractivity contribution is 5.80. The summed E-state index contributed by atoms with van der Waals surface area (Å²) in [4.78, 5) is 24.5. The number of nitro groups is 1. The quantitative estimate of drug-likeness (QED) is 0.0565. The lowest BCUT2D eigenvalue weighted by molar-refractivity contribution is -0.384. The van der Waals surface area contributed by atoms with Gasteiger partial charge in [0.25, 0.3) is 5.69 Å². The van der Waals surface area contributed by atoms with E-state index in [9.17, 15) is 14.9 Å². The summed E-state index contributed by atoms with van der Waals surface area (Å²) < 4.78 is 5.79. The number of rotatable bonds is 5. The number of carbonyl (C=O) groups is 1. The number of hydrogen-bond acceptors (Lipinski definition) is 8. The van der Waals surface area contributed by atoms with E-state index in [1.54, 1.807) is 0 Å². The summed E-state index contributed by atoms with van der Waals surface area (Å²) in [6.07, 6.45) is 0.856. The first-order valence-corrected chi connectivity index (χ1v) is 14.5. The molecule has 0 amide bonds. The van der Waals surface area contributed by atoms with Crippen molar-refractivity contribution in [1.29, 1.82) is 0 Å². The minimum Gasteiger partial charge on any atom is -0.506 e. The van der Waals surface area contributed by atoms with Crippen molar-refractivity contribution in [3.05, 3.63) is 161 Å². The molecule has 0 atom stereocenters. The van der Waals surface area contributed by atoms with Crippen LogP contribution in [0.4, 0.5) is 17.1 Å². The molecule has 1 aromatic heterocycles. The van der Waals surface area contributed by atoms with E-state index in [1.165, 1.54) is 28.8 Å². The molecular formula is C38H30N4O5. The van der Waals surface area contributed by atoms with Crippen molar-refractivity contribution in [1.82, 2.24) is 4.98 Å². The Kier molecular flexibility index (Phi) is 9.99. The van der Waals surface area contributed by atoms with Gasteiger partial charge in [-0.25, -0.2) is 4.98 Å². The molecule has 9 nitrogen and oxygen atoms in total. The summed E-state index contributed by atoms with van der Waals surface area (Å²) in [6, 6.07) is 45.1. The summed E-state index contributed by atoms with van der Waals surface area (Å²) in [6.45, 7) is 0. The van der Waals surface area contributed by atoms with E-state index in [0.29, 0.717) is 17.1 Å². The van der Waals surface area contributed by atoms with Crippen LogP contribution in [0, 0.1) is 10.1 Å². The Morgan fingerprint density at radius 1 is 0.660 bits per heavy atom. The van der Waals surface area contributed by atoms with E-state index >= 15 is 0 Å². The number of anilines is 2. The largest absolute Gasteiger partial charge is 0.506 e. The summed E-state index contributed by atoms with van der Waals surface area (Å²) in [5.74, 6) is 0.468. The summed E-state index contributed by atoms with van der Waals surface area (Å²) in [5.41, 5.74) is 19.4. The van der Waals surface area contributed by atoms with Crippen LogP contribution in [0.15, 0.2) is 150 Å². The number of benzene rings is 6. The van der Waals surface area contributed by atoms with Crippen LogP contribution >= 0.6 is 0 Å². The van der Waals surface area contributed by atoms with E-state index in [-0.39, 0.29) is 17.1 Å². The molecule has 6 aromatic carbocycles. The molecule has 0 fully saturated rings. The number of hydrogen-bond donors (Lipinski definition) is 3. The Morgan fingerprint density at radius 3 is 1.72 bits per heavy atom. The third-order valence-corrected chi connectivity index (χ3v) is 7.03. The molecular weight excluding hydrogens is 592 g/mol. The van der Waals surface area contributed by atoms with E-state index < -0.39 is 4.92 Å². The number of carbonyl (C=O) groups excluding carboxylic acids is 1. The van der Waals surface area contributed by atoms with Gasteiger partial charge in [0.1, 0.15) is 17.6 Å². The lowest BCUT2D eigenvalue weighted by Crippen LogP contribution is -1.90. The van der Waals surface area contributed by atoms with Gasteiger partial charge in [-0.15, -0.1) is 0 Å². The third kappa shape index (κ3) is 8.25. The first-order valence-electron chi connectivity index (χ1n) is 14.5. The van der Waals surface area contributed by atoms with E-state index in [2.05, 4.69) is 41.4 Å². The van der Waals surface area contributed by atoms with Gasteiger partial charge in [-0.1, -0.05) is 97.1 Å². The average molecular weight is 623 g/mol. The van der Waals surface area contributed by atoms with Gasteiger partial charge in [-0.3, -0.25) is 14.9 Å². The predicted octanol–water partition coefficient (Wildman–Crippen LogP) is 8.79. The molecule has 7 aromatic rings. The fraction of sp³-hybridized carbons (Fsp3) is 0.